The number of nitrogens with one attached hydrogen (secondary N) is 1. The molecule has 0 unspecified atom stereocenters. The first-order valence-corrected chi connectivity index (χ1v) is 8.37. The van der Waals surface area contributed by atoms with E-state index in [9.17, 15) is 4.79 Å². The van der Waals surface area contributed by atoms with Crippen molar-refractivity contribution >= 4 is 6.09 Å². The standard InChI is InChI=1S/C16H28N2O4/c1-15(2,3)22-14(19)18-10-13(11-18)17-12-4-6-16(7-5-12)20-8-9-21-16/h12-13,17H,4-11H2,1-3H3. The van der Waals surface area contributed by atoms with Crippen molar-refractivity contribution in [3.8, 4) is 0 Å². The highest BCUT2D eigenvalue weighted by Gasteiger charge is 2.42. The molecule has 3 aliphatic rings. The zero-order chi connectivity index (χ0) is 15.8. The van der Waals surface area contributed by atoms with Crippen molar-refractivity contribution in [2.24, 2.45) is 0 Å². The topological polar surface area (TPSA) is 60.0 Å². The Balaban J connectivity index is 1.36. The van der Waals surface area contributed by atoms with Gasteiger partial charge in [-0.1, -0.05) is 0 Å². The Morgan fingerprint density at radius 1 is 1.14 bits per heavy atom. The molecule has 1 saturated carbocycles. The van der Waals surface area contributed by atoms with Gasteiger partial charge in [-0.2, -0.15) is 0 Å². The third kappa shape index (κ3) is 3.73. The molecule has 3 rings (SSSR count). The molecule has 1 aliphatic carbocycles. The van der Waals surface area contributed by atoms with Gasteiger partial charge in [0.25, 0.3) is 0 Å². The van der Waals surface area contributed by atoms with Gasteiger partial charge >= 0.3 is 6.09 Å². The smallest absolute Gasteiger partial charge is 0.410 e. The number of hydrogen-bond acceptors (Lipinski definition) is 5. The van der Waals surface area contributed by atoms with Gasteiger partial charge in [-0.05, 0) is 33.6 Å². The van der Waals surface area contributed by atoms with Gasteiger partial charge in [0.15, 0.2) is 5.79 Å². The fourth-order valence-electron chi connectivity index (χ4n) is 3.40. The summed E-state index contributed by atoms with van der Waals surface area (Å²) in [5.41, 5.74) is -0.422. The van der Waals surface area contributed by atoms with Crippen LogP contribution in [0.25, 0.3) is 0 Å². The Kier molecular flexibility index (Phi) is 4.36. The molecule has 2 aliphatic heterocycles. The van der Waals surface area contributed by atoms with E-state index in [4.69, 9.17) is 14.2 Å². The van der Waals surface area contributed by atoms with Crippen LogP contribution in [0.15, 0.2) is 0 Å². The summed E-state index contributed by atoms with van der Waals surface area (Å²) in [6.07, 6.45) is 3.87. The van der Waals surface area contributed by atoms with Crippen molar-refractivity contribution in [3.63, 3.8) is 0 Å². The number of amides is 1. The first kappa shape index (κ1) is 16.0. The molecule has 0 aromatic heterocycles. The molecular formula is C16H28N2O4. The van der Waals surface area contributed by atoms with E-state index in [0.29, 0.717) is 12.1 Å². The molecule has 1 N–H and O–H groups in total. The number of carbonyl (C=O) groups is 1. The van der Waals surface area contributed by atoms with Gasteiger partial charge in [0.2, 0.25) is 0 Å². The highest BCUT2D eigenvalue weighted by atomic mass is 16.7. The Morgan fingerprint density at radius 2 is 1.73 bits per heavy atom. The van der Waals surface area contributed by atoms with Gasteiger partial charge in [0, 0.05) is 38.0 Å². The zero-order valence-corrected chi connectivity index (χ0v) is 13.9. The van der Waals surface area contributed by atoms with Gasteiger partial charge in [0.1, 0.15) is 5.60 Å². The number of ether oxygens (including phenoxy) is 3. The predicted molar refractivity (Wildman–Crippen MR) is 81.6 cm³/mol. The predicted octanol–water partition coefficient (Wildman–Crippen LogP) is 1.88. The first-order chi connectivity index (χ1) is 10.4. The molecule has 22 heavy (non-hydrogen) atoms. The third-order valence-corrected chi connectivity index (χ3v) is 4.57. The average Bonchev–Trinajstić information content (AvgIpc) is 2.82. The maximum absolute atomic E-state index is 11.9. The van der Waals surface area contributed by atoms with Gasteiger partial charge in [-0.25, -0.2) is 4.79 Å². The summed E-state index contributed by atoms with van der Waals surface area (Å²) in [4.78, 5) is 13.7. The van der Waals surface area contributed by atoms with Crippen LogP contribution in [0.5, 0.6) is 0 Å². The molecule has 0 atom stereocenters. The fraction of sp³-hybridized carbons (Fsp3) is 0.938. The van der Waals surface area contributed by atoms with Crippen molar-refractivity contribution in [1.82, 2.24) is 10.2 Å². The van der Waals surface area contributed by atoms with Crippen molar-refractivity contribution in [2.45, 2.75) is 69.9 Å². The van der Waals surface area contributed by atoms with E-state index in [0.717, 1.165) is 52.0 Å². The number of likely N-dealkylation sites (tertiary alicyclic amines) is 1. The molecule has 2 saturated heterocycles. The van der Waals surface area contributed by atoms with Crippen LogP contribution in [0.4, 0.5) is 4.79 Å². The summed E-state index contributed by atoms with van der Waals surface area (Å²) >= 11 is 0. The maximum atomic E-state index is 11.9. The molecule has 0 aromatic carbocycles. The Bertz CT molecular complexity index is 399. The highest BCUT2D eigenvalue weighted by Crippen LogP contribution is 2.36. The van der Waals surface area contributed by atoms with Crippen LogP contribution in [0.2, 0.25) is 0 Å². The molecule has 0 aromatic rings. The van der Waals surface area contributed by atoms with Gasteiger partial charge < -0.3 is 24.4 Å². The molecule has 1 amide bonds. The molecule has 6 nitrogen and oxygen atoms in total. The second kappa shape index (κ2) is 5.98. The minimum Gasteiger partial charge on any atom is -0.444 e. The van der Waals surface area contributed by atoms with Gasteiger partial charge in [-0.3, -0.25) is 0 Å². The number of rotatable bonds is 2. The minimum absolute atomic E-state index is 0.207. The maximum Gasteiger partial charge on any atom is 0.410 e. The van der Waals surface area contributed by atoms with Crippen molar-refractivity contribution in [1.29, 1.82) is 0 Å². The van der Waals surface area contributed by atoms with Crippen molar-refractivity contribution in [3.05, 3.63) is 0 Å². The van der Waals surface area contributed by atoms with E-state index in [1.54, 1.807) is 4.90 Å². The monoisotopic (exact) mass is 312 g/mol. The summed E-state index contributed by atoms with van der Waals surface area (Å²) in [6.45, 7) is 8.62. The fourth-order valence-corrected chi connectivity index (χ4v) is 3.40. The summed E-state index contributed by atoms with van der Waals surface area (Å²) in [5, 5.41) is 3.65. The summed E-state index contributed by atoms with van der Waals surface area (Å²) in [7, 11) is 0. The first-order valence-electron chi connectivity index (χ1n) is 8.37. The Hall–Kier alpha value is -0.850. The molecular weight excluding hydrogens is 284 g/mol. The van der Waals surface area contributed by atoms with E-state index in [1.807, 2.05) is 20.8 Å². The van der Waals surface area contributed by atoms with Crippen molar-refractivity contribution < 1.29 is 19.0 Å². The second-order valence-electron chi connectivity index (χ2n) is 7.63. The van der Waals surface area contributed by atoms with Gasteiger partial charge in [0.05, 0.1) is 13.2 Å². The lowest BCUT2D eigenvalue weighted by atomic mass is 9.89. The Labute approximate surface area is 132 Å². The number of nitrogens with zero attached hydrogens (tertiary/aromatic N) is 1. The third-order valence-electron chi connectivity index (χ3n) is 4.57. The van der Waals surface area contributed by atoms with Crippen molar-refractivity contribution in [2.75, 3.05) is 26.3 Å². The van der Waals surface area contributed by atoms with Crippen LogP contribution >= 0.6 is 0 Å². The van der Waals surface area contributed by atoms with Crippen LogP contribution < -0.4 is 5.32 Å². The average molecular weight is 312 g/mol. The molecule has 1 spiro atoms. The van der Waals surface area contributed by atoms with E-state index in [1.165, 1.54) is 0 Å². The van der Waals surface area contributed by atoms with Crippen LogP contribution in [0.1, 0.15) is 46.5 Å². The van der Waals surface area contributed by atoms with E-state index in [2.05, 4.69) is 5.32 Å². The number of hydrogen-bond donors (Lipinski definition) is 1. The molecule has 126 valence electrons. The molecule has 3 fully saturated rings. The Morgan fingerprint density at radius 3 is 2.27 bits per heavy atom. The lowest BCUT2D eigenvalue weighted by molar-refractivity contribution is -0.180. The van der Waals surface area contributed by atoms with Crippen LogP contribution in [-0.2, 0) is 14.2 Å². The highest BCUT2D eigenvalue weighted by molar-refractivity contribution is 5.69. The SMILES string of the molecule is CC(C)(C)OC(=O)N1CC(NC2CCC3(CC2)OCCO3)C1. The molecule has 2 heterocycles. The lowest BCUT2D eigenvalue weighted by Crippen LogP contribution is -2.62. The summed E-state index contributed by atoms with van der Waals surface area (Å²) in [5.74, 6) is -0.291. The van der Waals surface area contributed by atoms with Crippen LogP contribution in [-0.4, -0.2) is 60.8 Å². The van der Waals surface area contributed by atoms with Crippen LogP contribution in [0, 0.1) is 0 Å². The lowest BCUT2D eigenvalue weighted by Gasteiger charge is -2.43. The molecule has 6 heteroatoms. The summed E-state index contributed by atoms with van der Waals surface area (Å²) in [6, 6.07) is 0.890. The number of carbonyl (C=O) groups excluding carboxylic acids is 1. The van der Waals surface area contributed by atoms with E-state index >= 15 is 0 Å². The zero-order valence-electron chi connectivity index (χ0n) is 13.9. The second-order valence-corrected chi connectivity index (χ2v) is 7.63. The van der Waals surface area contributed by atoms with Gasteiger partial charge in [-0.15, -0.1) is 0 Å². The van der Waals surface area contributed by atoms with Crippen LogP contribution in [0.3, 0.4) is 0 Å². The quantitative estimate of drug-likeness (QED) is 0.843. The molecule has 0 radical (unpaired) electrons. The molecule has 0 bridgehead atoms. The minimum atomic E-state index is -0.422. The van der Waals surface area contributed by atoms with E-state index in [-0.39, 0.29) is 11.9 Å². The normalized spacial score (nSPS) is 26.2. The van der Waals surface area contributed by atoms with E-state index < -0.39 is 5.60 Å². The largest absolute Gasteiger partial charge is 0.444 e. The summed E-state index contributed by atoms with van der Waals surface area (Å²) < 4.78 is 16.9.